The van der Waals surface area contributed by atoms with E-state index in [-0.39, 0.29) is 12.4 Å². The largest absolute Gasteiger partial charge is 0.358 e. The number of nitrogens with two attached hydrogens (primary N) is 1. The van der Waals surface area contributed by atoms with E-state index in [1.54, 1.807) is 0 Å². The molecule has 0 spiro atoms. The molecule has 0 amide bonds. The molecule has 2 nitrogen and oxygen atoms in total. The summed E-state index contributed by atoms with van der Waals surface area (Å²) in [5, 5.41) is 1.25. The van der Waals surface area contributed by atoms with Crippen molar-refractivity contribution >= 4 is 23.3 Å². The average Bonchev–Trinajstić information content (AvgIpc) is 2.40. The number of para-hydroxylation sites is 1. The summed E-state index contributed by atoms with van der Waals surface area (Å²) in [6.07, 6.45) is 0. The second kappa shape index (κ2) is 3.81. The number of rotatable bonds is 1. The Morgan fingerprint density at radius 3 is 2.69 bits per heavy atom. The molecule has 0 saturated heterocycles. The predicted octanol–water partition coefficient (Wildman–Crippen LogP) is 2.36. The molecule has 1 heterocycles. The van der Waals surface area contributed by atoms with E-state index in [4.69, 9.17) is 5.73 Å². The van der Waals surface area contributed by atoms with Gasteiger partial charge in [-0.15, -0.1) is 12.4 Å². The van der Waals surface area contributed by atoms with Gasteiger partial charge in [0.25, 0.3) is 0 Å². The van der Waals surface area contributed by atoms with Crippen molar-refractivity contribution in [1.29, 1.82) is 0 Å². The van der Waals surface area contributed by atoms with Crippen molar-refractivity contribution in [2.45, 2.75) is 13.5 Å². The Bertz CT molecular complexity index is 406. The SMILES string of the molecule is Cc1[nH]c2ccccc2c1CN.Cl. The molecule has 0 bridgehead atoms. The number of hydrogen-bond acceptors (Lipinski definition) is 1. The topological polar surface area (TPSA) is 41.8 Å². The first-order valence-corrected chi connectivity index (χ1v) is 4.09. The quantitative estimate of drug-likeness (QED) is 0.723. The lowest BCUT2D eigenvalue weighted by Crippen LogP contribution is -1.96. The summed E-state index contributed by atoms with van der Waals surface area (Å²) in [6.45, 7) is 2.66. The summed E-state index contributed by atoms with van der Waals surface area (Å²) in [5.74, 6) is 0. The summed E-state index contributed by atoms with van der Waals surface area (Å²) in [7, 11) is 0. The first-order chi connectivity index (χ1) is 5.83. The van der Waals surface area contributed by atoms with E-state index in [1.165, 1.54) is 22.2 Å². The zero-order valence-corrected chi connectivity index (χ0v) is 8.32. The Morgan fingerprint density at radius 1 is 1.31 bits per heavy atom. The first-order valence-electron chi connectivity index (χ1n) is 4.09. The maximum atomic E-state index is 5.64. The van der Waals surface area contributed by atoms with Gasteiger partial charge in [-0.2, -0.15) is 0 Å². The third-order valence-corrected chi connectivity index (χ3v) is 2.23. The van der Waals surface area contributed by atoms with Crippen molar-refractivity contribution < 1.29 is 0 Å². The van der Waals surface area contributed by atoms with Gasteiger partial charge in [0.2, 0.25) is 0 Å². The minimum absolute atomic E-state index is 0. The van der Waals surface area contributed by atoms with E-state index in [2.05, 4.69) is 24.0 Å². The van der Waals surface area contributed by atoms with E-state index in [0.29, 0.717) is 6.54 Å². The van der Waals surface area contributed by atoms with Crippen LogP contribution >= 0.6 is 12.4 Å². The lowest BCUT2D eigenvalue weighted by Gasteiger charge is -1.93. The van der Waals surface area contributed by atoms with Gasteiger partial charge in [0, 0.05) is 23.1 Å². The van der Waals surface area contributed by atoms with Crippen LogP contribution in [-0.4, -0.2) is 4.98 Å². The second-order valence-corrected chi connectivity index (χ2v) is 2.98. The molecule has 2 aromatic rings. The van der Waals surface area contributed by atoms with Crippen LogP contribution in [0.3, 0.4) is 0 Å². The molecule has 0 saturated carbocycles. The second-order valence-electron chi connectivity index (χ2n) is 2.98. The van der Waals surface area contributed by atoms with Crippen LogP contribution in [0.5, 0.6) is 0 Å². The summed E-state index contributed by atoms with van der Waals surface area (Å²) in [6, 6.07) is 8.23. The van der Waals surface area contributed by atoms with Crippen molar-refractivity contribution in [3.8, 4) is 0 Å². The van der Waals surface area contributed by atoms with Gasteiger partial charge in [0.1, 0.15) is 0 Å². The van der Waals surface area contributed by atoms with E-state index in [0.717, 1.165) is 0 Å². The highest BCUT2D eigenvalue weighted by atomic mass is 35.5. The third kappa shape index (κ3) is 1.55. The van der Waals surface area contributed by atoms with E-state index in [9.17, 15) is 0 Å². The molecule has 0 aliphatic carbocycles. The number of fused-ring (bicyclic) bond motifs is 1. The molecule has 13 heavy (non-hydrogen) atoms. The smallest absolute Gasteiger partial charge is 0.0459 e. The first kappa shape index (κ1) is 10.1. The van der Waals surface area contributed by atoms with Crippen molar-refractivity contribution in [3.63, 3.8) is 0 Å². The highest BCUT2D eigenvalue weighted by Crippen LogP contribution is 2.20. The molecular formula is C10H13ClN2. The Labute approximate surface area is 83.5 Å². The molecule has 0 radical (unpaired) electrons. The summed E-state index contributed by atoms with van der Waals surface area (Å²) in [4.78, 5) is 3.30. The van der Waals surface area contributed by atoms with Crippen LogP contribution in [0, 0.1) is 6.92 Å². The lowest BCUT2D eigenvalue weighted by atomic mass is 10.1. The minimum atomic E-state index is 0. The monoisotopic (exact) mass is 196 g/mol. The number of aryl methyl sites for hydroxylation is 1. The van der Waals surface area contributed by atoms with Gasteiger partial charge in [-0.1, -0.05) is 18.2 Å². The molecule has 70 valence electrons. The molecule has 0 aliphatic rings. The van der Waals surface area contributed by atoms with Gasteiger partial charge >= 0.3 is 0 Å². The van der Waals surface area contributed by atoms with E-state index < -0.39 is 0 Å². The lowest BCUT2D eigenvalue weighted by molar-refractivity contribution is 1.05. The van der Waals surface area contributed by atoms with Crippen LogP contribution in [0.1, 0.15) is 11.3 Å². The fourth-order valence-electron chi connectivity index (χ4n) is 1.60. The maximum absolute atomic E-state index is 5.64. The number of halogens is 1. The van der Waals surface area contributed by atoms with Crippen LogP contribution < -0.4 is 5.73 Å². The van der Waals surface area contributed by atoms with Crippen molar-refractivity contribution in [2.75, 3.05) is 0 Å². The molecule has 0 aliphatic heterocycles. The number of hydrogen-bond donors (Lipinski definition) is 2. The van der Waals surface area contributed by atoms with Crippen LogP contribution in [0.2, 0.25) is 0 Å². The molecule has 1 aromatic carbocycles. The Morgan fingerprint density at radius 2 is 2.00 bits per heavy atom. The Kier molecular flexibility index (Phi) is 2.96. The Hall–Kier alpha value is -0.990. The zero-order valence-electron chi connectivity index (χ0n) is 7.50. The standard InChI is InChI=1S/C10H12N2.ClH/c1-7-9(6-11)8-4-2-3-5-10(8)12-7;/h2-5,12H,6,11H2,1H3;1H. The van der Waals surface area contributed by atoms with Gasteiger partial charge in [-0.3, -0.25) is 0 Å². The molecule has 3 heteroatoms. The third-order valence-electron chi connectivity index (χ3n) is 2.23. The normalized spacial score (nSPS) is 10.0. The van der Waals surface area contributed by atoms with Crippen molar-refractivity contribution in [1.82, 2.24) is 4.98 Å². The number of aromatic amines is 1. The van der Waals surface area contributed by atoms with Gasteiger partial charge in [0.05, 0.1) is 0 Å². The molecular weight excluding hydrogens is 184 g/mol. The molecule has 0 unspecified atom stereocenters. The summed E-state index contributed by atoms with van der Waals surface area (Å²) in [5.41, 5.74) is 9.22. The minimum Gasteiger partial charge on any atom is -0.358 e. The molecule has 1 aromatic heterocycles. The maximum Gasteiger partial charge on any atom is 0.0459 e. The van der Waals surface area contributed by atoms with Crippen LogP contribution in [-0.2, 0) is 6.54 Å². The van der Waals surface area contributed by atoms with Crippen LogP contribution in [0.25, 0.3) is 10.9 Å². The highest BCUT2D eigenvalue weighted by Gasteiger charge is 2.04. The fraction of sp³-hybridized carbons (Fsp3) is 0.200. The molecule has 0 atom stereocenters. The number of H-pyrrole nitrogens is 1. The summed E-state index contributed by atoms with van der Waals surface area (Å²) < 4.78 is 0. The van der Waals surface area contributed by atoms with Crippen LogP contribution in [0.15, 0.2) is 24.3 Å². The van der Waals surface area contributed by atoms with Crippen molar-refractivity contribution in [2.24, 2.45) is 5.73 Å². The highest BCUT2D eigenvalue weighted by molar-refractivity contribution is 5.85. The molecule has 2 rings (SSSR count). The number of nitrogens with one attached hydrogen (secondary N) is 1. The Balaban J connectivity index is 0.000000845. The molecule has 3 N–H and O–H groups in total. The molecule has 0 fully saturated rings. The van der Waals surface area contributed by atoms with Gasteiger partial charge in [-0.05, 0) is 18.6 Å². The average molecular weight is 197 g/mol. The summed E-state index contributed by atoms with van der Waals surface area (Å²) >= 11 is 0. The fourth-order valence-corrected chi connectivity index (χ4v) is 1.60. The van der Waals surface area contributed by atoms with E-state index in [1.807, 2.05) is 12.1 Å². The van der Waals surface area contributed by atoms with E-state index >= 15 is 0 Å². The van der Waals surface area contributed by atoms with Gasteiger partial charge < -0.3 is 10.7 Å². The van der Waals surface area contributed by atoms with Crippen LogP contribution in [0.4, 0.5) is 0 Å². The zero-order chi connectivity index (χ0) is 8.55. The number of aromatic nitrogens is 1. The van der Waals surface area contributed by atoms with Gasteiger partial charge in [0.15, 0.2) is 0 Å². The predicted molar refractivity (Wildman–Crippen MR) is 58.2 cm³/mol. The number of benzene rings is 1. The van der Waals surface area contributed by atoms with Gasteiger partial charge in [-0.25, -0.2) is 0 Å². The van der Waals surface area contributed by atoms with Crippen molar-refractivity contribution in [3.05, 3.63) is 35.5 Å².